The van der Waals surface area contributed by atoms with Crippen molar-refractivity contribution < 1.29 is 4.79 Å². The molecule has 3 nitrogen and oxygen atoms in total. The molecule has 0 bridgehead atoms. The quantitative estimate of drug-likeness (QED) is 0.611. The molecule has 1 N–H and O–H groups in total. The van der Waals surface area contributed by atoms with Crippen LogP contribution in [-0.2, 0) is 4.79 Å². The number of halogens is 3. The van der Waals surface area contributed by atoms with Crippen molar-refractivity contribution in [3.8, 4) is 6.07 Å². The smallest absolute Gasteiger partial charge is 0.266 e. The van der Waals surface area contributed by atoms with Crippen molar-refractivity contribution in [3.05, 3.63) is 68.7 Å². The highest BCUT2D eigenvalue weighted by Crippen LogP contribution is 2.27. The number of anilines is 1. The second-order valence-electron chi connectivity index (χ2n) is 4.25. The van der Waals surface area contributed by atoms with Crippen LogP contribution in [0.15, 0.2) is 48.0 Å². The molecular formula is C16H9Cl3N2O. The van der Waals surface area contributed by atoms with Gasteiger partial charge in [0.05, 0.1) is 20.8 Å². The second kappa shape index (κ2) is 7.33. The van der Waals surface area contributed by atoms with Gasteiger partial charge in [-0.05, 0) is 29.8 Å². The molecular weight excluding hydrogens is 343 g/mol. The fourth-order valence-electron chi connectivity index (χ4n) is 1.69. The van der Waals surface area contributed by atoms with Crippen LogP contribution >= 0.6 is 34.8 Å². The molecule has 0 unspecified atom stereocenters. The average Bonchev–Trinajstić information content (AvgIpc) is 2.51. The summed E-state index contributed by atoms with van der Waals surface area (Å²) in [5.74, 6) is -0.577. The molecule has 0 saturated heterocycles. The van der Waals surface area contributed by atoms with Crippen molar-refractivity contribution >= 4 is 52.5 Å². The predicted octanol–water partition coefficient (Wildman–Crippen LogP) is 5.19. The lowest BCUT2D eigenvalue weighted by Gasteiger charge is -2.06. The number of carbonyl (C=O) groups is 1. The van der Waals surface area contributed by atoms with Gasteiger partial charge in [-0.2, -0.15) is 5.26 Å². The minimum Gasteiger partial charge on any atom is -0.320 e. The Balaban J connectivity index is 2.30. The number of amides is 1. The highest BCUT2D eigenvalue weighted by atomic mass is 35.5. The Bertz CT molecular complexity index is 794. The third kappa shape index (κ3) is 3.80. The van der Waals surface area contributed by atoms with E-state index in [1.165, 1.54) is 6.08 Å². The number of hydrogen-bond donors (Lipinski definition) is 1. The highest BCUT2D eigenvalue weighted by molar-refractivity contribution is 6.43. The van der Waals surface area contributed by atoms with E-state index in [0.29, 0.717) is 21.3 Å². The minimum absolute atomic E-state index is 0.107. The Kier molecular flexibility index (Phi) is 5.46. The SMILES string of the molecule is N#C/C(=C\c1cccc(Cl)c1Cl)C(=O)Nc1ccccc1Cl. The number of hydrogen-bond acceptors (Lipinski definition) is 2. The van der Waals surface area contributed by atoms with Crippen molar-refractivity contribution in [1.82, 2.24) is 0 Å². The van der Waals surface area contributed by atoms with E-state index in [2.05, 4.69) is 5.32 Å². The van der Waals surface area contributed by atoms with Crippen molar-refractivity contribution in [2.24, 2.45) is 0 Å². The van der Waals surface area contributed by atoms with Crippen LogP contribution in [0.25, 0.3) is 6.08 Å². The molecule has 6 heteroatoms. The fourth-order valence-corrected chi connectivity index (χ4v) is 2.23. The topological polar surface area (TPSA) is 52.9 Å². The van der Waals surface area contributed by atoms with Gasteiger partial charge < -0.3 is 5.32 Å². The Morgan fingerprint density at radius 3 is 2.41 bits per heavy atom. The summed E-state index contributed by atoms with van der Waals surface area (Å²) in [5, 5.41) is 12.8. The van der Waals surface area contributed by atoms with Gasteiger partial charge in [-0.1, -0.05) is 59.1 Å². The van der Waals surface area contributed by atoms with Gasteiger partial charge in [-0.15, -0.1) is 0 Å². The summed E-state index contributed by atoms with van der Waals surface area (Å²) in [4.78, 5) is 12.2. The number of benzene rings is 2. The first kappa shape index (κ1) is 16.4. The van der Waals surface area contributed by atoms with Gasteiger partial charge in [-0.3, -0.25) is 4.79 Å². The monoisotopic (exact) mass is 350 g/mol. The number of rotatable bonds is 3. The number of nitrogens with one attached hydrogen (secondary N) is 1. The molecule has 0 spiro atoms. The van der Waals surface area contributed by atoms with Gasteiger partial charge in [-0.25, -0.2) is 0 Å². The van der Waals surface area contributed by atoms with Gasteiger partial charge in [0.1, 0.15) is 11.6 Å². The molecule has 2 rings (SSSR count). The van der Waals surface area contributed by atoms with Crippen LogP contribution < -0.4 is 5.32 Å². The number of nitrogens with zero attached hydrogens (tertiary/aromatic N) is 1. The molecule has 0 saturated carbocycles. The van der Waals surface area contributed by atoms with Gasteiger partial charge in [0.15, 0.2) is 0 Å². The van der Waals surface area contributed by atoms with E-state index in [0.717, 1.165) is 0 Å². The maximum Gasteiger partial charge on any atom is 0.266 e. The Morgan fingerprint density at radius 2 is 1.73 bits per heavy atom. The molecule has 2 aromatic rings. The first-order valence-electron chi connectivity index (χ1n) is 6.14. The first-order chi connectivity index (χ1) is 10.5. The standard InChI is InChI=1S/C16H9Cl3N2O/c17-12-5-1-2-7-14(12)21-16(22)11(9-20)8-10-4-3-6-13(18)15(10)19/h1-8H,(H,21,22)/b11-8+. The maximum absolute atomic E-state index is 12.2. The van der Waals surface area contributed by atoms with Crippen molar-refractivity contribution in [2.75, 3.05) is 5.32 Å². The van der Waals surface area contributed by atoms with E-state index in [1.807, 2.05) is 6.07 Å². The van der Waals surface area contributed by atoms with E-state index < -0.39 is 5.91 Å². The van der Waals surface area contributed by atoms with E-state index in [-0.39, 0.29) is 10.6 Å². The summed E-state index contributed by atoms with van der Waals surface area (Å²) in [6.07, 6.45) is 1.38. The van der Waals surface area contributed by atoms with Crippen molar-refractivity contribution in [1.29, 1.82) is 5.26 Å². The molecule has 0 atom stereocenters. The highest BCUT2D eigenvalue weighted by Gasteiger charge is 2.12. The minimum atomic E-state index is -0.577. The summed E-state index contributed by atoms with van der Waals surface area (Å²) < 4.78 is 0. The largest absolute Gasteiger partial charge is 0.320 e. The molecule has 0 heterocycles. The van der Waals surface area contributed by atoms with Crippen LogP contribution in [0.3, 0.4) is 0 Å². The normalized spacial score (nSPS) is 10.9. The molecule has 0 aromatic heterocycles. The fraction of sp³-hybridized carbons (Fsp3) is 0. The summed E-state index contributed by atoms with van der Waals surface area (Å²) in [6, 6.07) is 13.6. The molecule has 2 aromatic carbocycles. The number of para-hydroxylation sites is 1. The molecule has 110 valence electrons. The molecule has 1 amide bonds. The van der Waals surface area contributed by atoms with Crippen LogP contribution in [0.2, 0.25) is 15.1 Å². The predicted molar refractivity (Wildman–Crippen MR) is 90.1 cm³/mol. The Morgan fingerprint density at radius 1 is 1.05 bits per heavy atom. The molecule has 0 fully saturated rings. The first-order valence-corrected chi connectivity index (χ1v) is 7.28. The lowest BCUT2D eigenvalue weighted by molar-refractivity contribution is -0.112. The molecule has 0 aliphatic carbocycles. The van der Waals surface area contributed by atoms with E-state index >= 15 is 0 Å². The Hall–Kier alpha value is -1.99. The summed E-state index contributed by atoms with van der Waals surface area (Å²) in [5.41, 5.74) is 0.802. The van der Waals surface area contributed by atoms with Crippen LogP contribution in [0.5, 0.6) is 0 Å². The van der Waals surface area contributed by atoms with Crippen LogP contribution in [-0.4, -0.2) is 5.91 Å². The second-order valence-corrected chi connectivity index (χ2v) is 5.44. The zero-order valence-corrected chi connectivity index (χ0v) is 13.4. The van der Waals surface area contributed by atoms with Crippen molar-refractivity contribution in [2.45, 2.75) is 0 Å². The zero-order chi connectivity index (χ0) is 16.1. The van der Waals surface area contributed by atoms with Crippen molar-refractivity contribution in [3.63, 3.8) is 0 Å². The average molecular weight is 352 g/mol. The van der Waals surface area contributed by atoms with Crippen LogP contribution in [0.1, 0.15) is 5.56 Å². The number of carbonyl (C=O) groups excluding carboxylic acids is 1. The van der Waals surface area contributed by atoms with Gasteiger partial charge in [0.2, 0.25) is 0 Å². The number of nitriles is 1. The lowest BCUT2D eigenvalue weighted by Crippen LogP contribution is -2.13. The Labute approximate surface area is 142 Å². The molecule has 0 radical (unpaired) electrons. The zero-order valence-electron chi connectivity index (χ0n) is 11.1. The molecule has 22 heavy (non-hydrogen) atoms. The van der Waals surface area contributed by atoms with E-state index in [9.17, 15) is 10.1 Å². The lowest BCUT2D eigenvalue weighted by atomic mass is 10.1. The van der Waals surface area contributed by atoms with Gasteiger partial charge in [0, 0.05) is 0 Å². The van der Waals surface area contributed by atoms with Gasteiger partial charge in [0.25, 0.3) is 5.91 Å². The molecule has 0 aliphatic rings. The summed E-state index contributed by atoms with van der Waals surface area (Å²) in [6.45, 7) is 0. The van der Waals surface area contributed by atoms with Gasteiger partial charge >= 0.3 is 0 Å². The molecule has 0 aliphatic heterocycles. The third-order valence-electron chi connectivity index (χ3n) is 2.77. The maximum atomic E-state index is 12.2. The summed E-state index contributed by atoms with van der Waals surface area (Å²) in [7, 11) is 0. The summed E-state index contributed by atoms with van der Waals surface area (Å²) >= 11 is 17.9. The van der Waals surface area contributed by atoms with E-state index in [1.54, 1.807) is 42.5 Å². The van der Waals surface area contributed by atoms with Crippen LogP contribution in [0.4, 0.5) is 5.69 Å². The third-order valence-corrected chi connectivity index (χ3v) is 3.93. The van der Waals surface area contributed by atoms with Crippen LogP contribution in [0, 0.1) is 11.3 Å². The van der Waals surface area contributed by atoms with E-state index in [4.69, 9.17) is 34.8 Å².